The molecule has 0 radical (unpaired) electrons. The standard InChI is InChI=1S/C14H20N6O.ClH/c1-2-19-11-12(10-17-19)18-13(21)14(4-7-15-8-5-14)20-9-3-6-16-20;/h3,6,9-11,15H,2,4-5,7-8H2,1H3,(H,18,21);1H. The lowest BCUT2D eigenvalue weighted by atomic mass is 9.87. The summed E-state index contributed by atoms with van der Waals surface area (Å²) in [6, 6.07) is 1.85. The second-order valence-corrected chi connectivity index (χ2v) is 5.27. The summed E-state index contributed by atoms with van der Waals surface area (Å²) in [7, 11) is 0. The largest absolute Gasteiger partial charge is 0.321 e. The lowest BCUT2D eigenvalue weighted by Gasteiger charge is -2.36. The van der Waals surface area contributed by atoms with Crippen LogP contribution in [-0.2, 0) is 16.9 Å². The highest BCUT2D eigenvalue weighted by Crippen LogP contribution is 2.28. The third kappa shape index (κ3) is 3.00. The number of nitrogens with zero attached hydrogens (tertiary/aromatic N) is 4. The Kier molecular flexibility index (Phi) is 5.20. The smallest absolute Gasteiger partial charge is 0.252 e. The van der Waals surface area contributed by atoms with E-state index >= 15 is 0 Å². The summed E-state index contributed by atoms with van der Waals surface area (Å²) < 4.78 is 3.58. The summed E-state index contributed by atoms with van der Waals surface area (Å²) >= 11 is 0. The molecular weight excluding hydrogens is 304 g/mol. The van der Waals surface area contributed by atoms with Crippen LogP contribution in [-0.4, -0.2) is 38.6 Å². The van der Waals surface area contributed by atoms with Crippen molar-refractivity contribution in [1.82, 2.24) is 24.9 Å². The van der Waals surface area contributed by atoms with Crippen LogP contribution >= 0.6 is 12.4 Å². The van der Waals surface area contributed by atoms with E-state index in [1.165, 1.54) is 0 Å². The van der Waals surface area contributed by atoms with Crippen molar-refractivity contribution in [2.45, 2.75) is 31.8 Å². The molecule has 1 saturated heterocycles. The number of halogens is 1. The molecule has 0 unspecified atom stereocenters. The van der Waals surface area contributed by atoms with Crippen LogP contribution in [0.15, 0.2) is 30.9 Å². The fourth-order valence-electron chi connectivity index (χ4n) is 2.77. The van der Waals surface area contributed by atoms with E-state index in [0.29, 0.717) is 0 Å². The number of nitrogens with one attached hydrogen (secondary N) is 2. The number of hydrogen-bond acceptors (Lipinski definition) is 4. The molecule has 120 valence electrons. The minimum absolute atomic E-state index is 0. The lowest BCUT2D eigenvalue weighted by Crippen LogP contribution is -2.52. The maximum Gasteiger partial charge on any atom is 0.252 e. The Bertz CT molecular complexity index is 603. The lowest BCUT2D eigenvalue weighted by molar-refractivity contribution is -0.126. The molecule has 1 aliphatic heterocycles. The van der Waals surface area contributed by atoms with E-state index in [1.54, 1.807) is 21.8 Å². The average molecular weight is 325 g/mol. The van der Waals surface area contributed by atoms with Gasteiger partial charge in [-0.15, -0.1) is 12.4 Å². The Labute approximate surface area is 135 Å². The van der Waals surface area contributed by atoms with Crippen molar-refractivity contribution >= 4 is 24.0 Å². The number of hydrogen-bond donors (Lipinski definition) is 2. The Morgan fingerprint density at radius 1 is 1.41 bits per heavy atom. The Balaban J connectivity index is 0.00000176. The molecule has 2 N–H and O–H groups in total. The van der Waals surface area contributed by atoms with Crippen molar-refractivity contribution in [3.05, 3.63) is 30.9 Å². The van der Waals surface area contributed by atoms with Crippen molar-refractivity contribution in [2.75, 3.05) is 18.4 Å². The highest BCUT2D eigenvalue weighted by atomic mass is 35.5. The van der Waals surface area contributed by atoms with Gasteiger partial charge in [0.15, 0.2) is 0 Å². The fraction of sp³-hybridized carbons (Fsp3) is 0.500. The van der Waals surface area contributed by atoms with E-state index in [-0.39, 0.29) is 18.3 Å². The molecule has 2 aromatic rings. The molecule has 0 bridgehead atoms. The Morgan fingerprint density at radius 2 is 2.18 bits per heavy atom. The van der Waals surface area contributed by atoms with Gasteiger partial charge in [0.2, 0.25) is 0 Å². The fourth-order valence-corrected chi connectivity index (χ4v) is 2.77. The third-order valence-corrected chi connectivity index (χ3v) is 4.01. The van der Waals surface area contributed by atoms with E-state index in [1.807, 2.05) is 25.4 Å². The molecule has 1 fully saturated rings. The molecule has 0 saturated carbocycles. The van der Waals surface area contributed by atoms with Crippen molar-refractivity contribution in [3.8, 4) is 0 Å². The molecule has 0 aromatic carbocycles. The molecule has 0 spiro atoms. The number of amides is 1. The van der Waals surface area contributed by atoms with Crippen LogP contribution in [0.25, 0.3) is 0 Å². The maximum absolute atomic E-state index is 12.8. The number of carbonyl (C=O) groups excluding carboxylic acids is 1. The van der Waals surface area contributed by atoms with Gasteiger partial charge in [-0.3, -0.25) is 14.2 Å². The van der Waals surface area contributed by atoms with E-state index in [0.717, 1.165) is 38.2 Å². The summed E-state index contributed by atoms with van der Waals surface area (Å²) in [6.45, 7) is 4.41. The molecule has 22 heavy (non-hydrogen) atoms. The first-order valence-corrected chi connectivity index (χ1v) is 7.29. The number of anilines is 1. The SMILES string of the molecule is CCn1cc(NC(=O)C2(n3cccn3)CCNCC2)cn1.Cl. The Hall–Kier alpha value is -1.86. The second kappa shape index (κ2) is 6.93. The van der Waals surface area contributed by atoms with Gasteiger partial charge in [-0.1, -0.05) is 0 Å². The zero-order valence-corrected chi connectivity index (χ0v) is 13.3. The van der Waals surface area contributed by atoms with Gasteiger partial charge < -0.3 is 10.6 Å². The number of aryl methyl sites for hydroxylation is 1. The minimum atomic E-state index is -0.622. The highest BCUT2D eigenvalue weighted by molar-refractivity contribution is 5.96. The normalized spacial score (nSPS) is 16.8. The van der Waals surface area contributed by atoms with Crippen LogP contribution in [0.2, 0.25) is 0 Å². The zero-order chi connectivity index (χ0) is 14.7. The molecule has 0 aliphatic carbocycles. The van der Waals surface area contributed by atoms with Gasteiger partial charge in [0, 0.05) is 25.1 Å². The first kappa shape index (κ1) is 16.5. The van der Waals surface area contributed by atoms with Gasteiger partial charge >= 0.3 is 0 Å². The quantitative estimate of drug-likeness (QED) is 0.887. The van der Waals surface area contributed by atoms with Gasteiger partial charge in [-0.2, -0.15) is 10.2 Å². The predicted molar refractivity (Wildman–Crippen MR) is 86.1 cm³/mol. The molecule has 3 heterocycles. The monoisotopic (exact) mass is 324 g/mol. The van der Waals surface area contributed by atoms with Gasteiger partial charge in [-0.25, -0.2) is 0 Å². The van der Waals surface area contributed by atoms with Gasteiger partial charge in [0.1, 0.15) is 5.54 Å². The predicted octanol–water partition coefficient (Wildman–Crippen LogP) is 1.24. The second-order valence-electron chi connectivity index (χ2n) is 5.27. The summed E-state index contributed by atoms with van der Waals surface area (Å²) in [5.41, 5.74) is 0.107. The molecule has 1 aliphatic rings. The van der Waals surface area contributed by atoms with E-state index in [4.69, 9.17) is 0 Å². The van der Waals surface area contributed by atoms with Crippen LogP contribution in [0.1, 0.15) is 19.8 Å². The molecule has 2 aromatic heterocycles. The van der Waals surface area contributed by atoms with Crippen molar-refractivity contribution in [3.63, 3.8) is 0 Å². The van der Waals surface area contributed by atoms with Crippen molar-refractivity contribution < 1.29 is 4.79 Å². The number of rotatable bonds is 4. The van der Waals surface area contributed by atoms with E-state index in [9.17, 15) is 4.79 Å². The van der Waals surface area contributed by atoms with Gasteiger partial charge in [0.25, 0.3) is 5.91 Å². The van der Waals surface area contributed by atoms with Gasteiger partial charge in [0.05, 0.1) is 11.9 Å². The van der Waals surface area contributed by atoms with Crippen molar-refractivity contribution in [1.29, 1.82) is 0 Å². The van der Waals surface area contributed by atoms with Crippen LogP contribution in [0.5, 0.6) is 0 Å². The van der Waals surface area contributed by atoms with Crippen LogP contribution < -0.4 is 10.6 Å². The number of aromatic nitrogens is 4. The first-order chi connectivity index (χ1) is 10.2. The van der Waals surface area contributed by atoms with Crippen molar-refractivity contribution in [2.24, 2.45) is 0 Å². The summed E-state index contributed by atoms with van der Waals surface area (Å²) in [5, 5.41) is 14.8. The van der Waals surface area contributed by atoms with Crippen LogP contribution in [0, 0.1) is 0 Å². The summed E-state index contributed by atoms with van der Waals surface area (Å²) in [6.07, 6.45) is 8.55. The Morgan fingerprint density at radius 3 is 2.77 bits per heavy atom. The third-order valence-electron chi connectivity index (χ3n) is 4.01. The molecule has 8 heteroatoms. The topological polar surface area (TPSA) is 76.8 Å². The minimum Gasteiger partial charge on any atom is -0.321 e. The van der Waals surface area contributed by atoms with Crippen LogP contribution in [0.3, 0.4) is 0 Å². The highest BCUT2D eigenvalue weighted by Gasteiger charge is 2.42. The maximum atomic E-state index is 12.8. The molecule has 1 amide bonds. The molecule has 3 rings (SSSR count). The average Bonchev–Trinajstić information content (AvgIpc) is 3.19. The number of carbonyl (C=O) groups is 1. The molecule has 7 nitrogen and oxygen atoms in total. The van der Waals surface area contributed by atoms with Gasteiger partial charge in [-0.05, 0) is 38.9 Å². The summed E-state index contributed by atoms with van der Waals surface area (Å²) in [4.78, 5) is 12.8. The zero-order valence-electron chi connectivity index (χ0n) is 12.5. The first-order valence-electron chi connectivity index (χ1n) is 7.29. The molecular formula is C14H21ClN6O. The molecule has 0 atom stereocenters. The van der Waals surface area contributed by atoms with Crippen LogP contribution in [0.4, 0.5) is 5.69 Å². The van der Waals surface area contributed by atoms with E-state index < -0.39 is 5.54 Å². The summed E-state index contributed by atoms with van der Waals surface area (Å²) in [5.74, 6) is -0.0247. The van der Waals surface area contributed by atoms with E-state index in [2.05, 4.69) is 20.8 Å². The number of piperidine rings is 1.